The summed E-state index contributed by atoms with van der Waals surface area (Å²) in [6.07, 6.45) is 3.11. The van der Waals surface area contributed by atoms with E-state index in [4.69, 9.17) is 23.5 Å². The monoisotopic (exact) mass is 317 g/mol. The van der Waals surface area contributed by atoms with Gasteiger partial charge in [-0.25, -0.2) is 11.6 Å². The zero-order valence-electron chi connectivity index (χ0n) is 11.5. The minimum Gasteiger partial charge on any atom is -0.385 e. The number of terminal acetylenes is 1. The van der Waals surface area contributed by atoms with Crippen LogP contribution < -0.4 is 5.73 Å². The maximum absolute atomic E-state index is 10.6. The lowest BCUT2D eigenvalue weighted by Crippen LogP contribution is -2.50. The lowest BCUT2D eigenvalue weighted by atomic mass is 9.89. The van der Waals surface area contributed by atoms with E-state index in [9.17, 15) is 15.3 Å². The molecule has 1 aliphatic rings. The van der Waals surface area contributed by atoms with Crippen molar-refractivity contribution >= 4 is 11.5 Å². The third-order valence-electron chi connectivity index (χ3n) is 3.71. The molecule has 11 heteroatoms. The van der Waals surface area contributed by atoms with Crippen LogP contribution in [0.2, 0.25) is 0 Å². The van der Waals surface area contributed by atoms with E-state index in [1.165, 1.54) is 0 Å². The first-order valence-corrected chi connectivity index (χ1v) is 6.31. The molecule has 2 aromatic heterocycles. The van der Waals surface area contributed by atoms with E-state index in [1.54, 1.807) is 0 Å². The molecule has 0 spiro atoms. The summed E-state index contributed by atoms with van der Waals surface area (Å²) in [7, 11) is 0. The SMILES string of the molecule is [C-]#[N+]C1(CO)OC(c2nnc3c(N)ncnn23)[C@@](O)(C#C)[C@@H]1O. The lowest BCUT2D eigenvalue weighted by molar-refractivity contribution is -0.0828. The fourth-order valence-electron chi connectivity index (χ4n) is 2.42. The van der Waals surface area contributed by atoms with Crippen molar-refractivity contribution in [2.75, 3.05) is 12.3 Å². The first-order chi connectivity index (χ1) is 10.9. The van der Waals surface area contributed by atoms with Crippen LogP contribution in [0.25, 0.3) is 10.5 Å². The Labute approximate surface area is 129 Å². The molecule has 0 saturated carbocycles. The number of anilines is 1. The van der Waals surface area contributed by atoms with Gasteiger partial charge in [0.2, 0.25) is 11.8 Å². The molecule has 0 amide bonds. The first kappa shape index (κ1) is 15.1. The van der Waals surface area contributed by atoms with Gasteiger partial charge >= 0.3 is 5.72 Å². The van der Waals surface area contributed by atoms with Crippen molar-refractivity contribution in [1.82, 2.24) is 24.8 Å². The molecule has 5 N–H and O–H groups in total. The van der Waals surface area contributed by atoms with Gasteiger partial charge in [0, 0.05) is 0 Å². The molecule has 0 radical (unpaired) electrons. The summed E-state index contributed by atoms with van der Waals surface area (Å²) in [5, 5.41) is 41.7. The van der Waals surface area contributed by atoms with Crippen molar-refractivity contribution in [2.24, 2.45) is 0 Å². The number of nitrogens with two attached hydrogens (primary N) is 1. The summed E-state index contributed by atoms with van der Waals surface area (Å²) in [5.41, 5.74) is 1.28. The quantitative estimate of drug-likeness (QED) is 0.347. The molecule has 3 rings (SSSR count). The number of nitrogen functional groups attached to an aromatic ring is 1. The zero-order valence-corrected chi connectivity index (χ0v) is 11.5. The van der Waals surface area contributed by atoms with E-state index in [0.717, 1.165) is 10.8 Å². The molecule has 2 unspecified atom stereocenters. The molecule has 3 heterocycles. The number of fused-ring (bicyclic) bond motifs is 1. The highest BCUT2D eigenvalue weighted by Crippen LogP contribution is 2.46. The Hall–Kier alpha value is -2.83. The Balaban J connectivity index is 2.20. The molecule has 23 heavy (non-hydrogen) atoms. The minimum absolute atomic E-state index is 0.0279. The molecule has 1 fully saturated rings. The fourth-order valence-corrected chi connectivity index (χ4v) is 2.42. The number of nitrogens with zero attached hydrogens (tertiary/aromatic N) is 6. The van der Waals surface area contributed by atoms with E-state index < -0.39 is 30.1 Å². The van der Waals surface area contributed by atoms with E-state index >= 15 is 0 Å². The fraction of sp³-hybridized carbons (Fsp3) is 0.417. The molecule has 1 aliphatic heterocycles. The van der Waals surface area contributed by atoms with Gasteiger partial charge in [-0.1, -0.05) is 5.92 Å². The number of aromatic nitrogens is 5. The van der Waals surface area contributed by atoms with Crippen LogP contribution in [0.3, 0.4) is 0 Å². The Morgan fingerprint density at radius 1 is 1.57 bits per heavy atom. The summed E-state index contributed by atoms with van der Waals surface area (Å²) in [4.78, 5) is 6.82. The highest BCUT2D eigenvalue weighted by Gasteiger charge is 2.69. The summed E-state index contributed by atoms with van der Waals surface area (Å²) in [6.45, 7) is 6.27. The molecule has 1 saturated heterocycles. The largest absolute Gasteiger partial charge is 0.390 e. The van der Waals surface area contributed by atoms with Crippen molar-refractivity contribution in [3.8, 4) is 12.3 Å². The highest BCUT2D eigenvalue weighted by atomic mass is 16.6. The number of aliphatic hydroxyl groups is 3. The molecule has 0 aliphatic carbocycles. The number of aliphatic hydroxyl groups excluding tert-OH is 2. The third-order valence-corrected chi connectivity index (χ3v) is 3.71. The molecule has 4 atom stereocenters. The zero-order chi connectivity index (χ0) is 16.8. The second kappa shape index (κ2) is 4.84. The van der Waals surface area contributed by atoms with Gasteiger partial charge in [0.1, 0.15) is 6.33 Å². The number of hydrogen-bond acceptors (Lipinski definition) is 9. The highest BCUT2D eigenvalue weighted by molar-refractivity contribution is 5.57. The van der Waals surface area contributed by atoms with Gasteiger partial charge in [-0.15, -0.1) is 16.6 Å². The Morgan fingerprint density at radius 2 is 2.30 bits per heavy atom. The standard InChI is InChI=1S/C12H11N7O4/c1-3-11(22)6(23-12(4-20,14-2)10(11)21)8-17-18-9-7(13)15-5-16-19(8)9/h1,5-6,10,20-22H,4H2,(H2,13,15,16)/t6?,10-,11-,12?/m0/s1. The van der Waals surface area contributed by atoms with E-state index in [-0.39, 0.29) is 17.3 Å². The third kappa shape index (κ3) is 1.79. The molecule has 118 valence electrons. The van der Waals surface area contributed by atoms with Crippen molar-refractivity contribution in [3.05, 3.63) is 23.6 Å². The molecule has 11 nitrogen and oxygen atoms in total. The van der Waals surface area contributed by atoms with Crippen LogP contribution in [-0.4, -0.2) is 64.2 Å². The van der Waals surface area contributed by atoms with Crippen molar-refractivity contribution in [3.63, 3.8) is 0 Å². The van der Waals surface area contributed by atoms with Gasteiger partial charge in [0.15, 0.2) is 30.0 Å². The van der Waals surface area contributed by atoms with Gasteiger partial charge in [-0.3, -0.25) is 9.58 Å². The summed E-state index contributed by atoms with van der Waals surface area (Å²) in [6, 6.07) is 0. The topological polar surface area (TPSA) is 156 Å². The van der Waals surface area contributed by atoms with Crippen molar-refractivity contribution < 1.29 is 20.1 Å². The lowest BCUT2D eigenvalue weighted by Gasteiger charge is -2.23. The Morgan fingerprint density at radius 3 is 2.91 bits per heavy atom. The predicted octanol–water partition coefficient (Wildman–Crippen LogP) is -2.49. The number of ether oxygens (including phenoxy) is 1. The second-order valence-electron chi connectivity index (χ2n) is 4.92. The average molecular weight is 317 g/mol. The van der Waals surface area contributed by atoms with Crippen LogP contribution in [0.4, 0.5) is 5.82 Å². The van der Waals surface area contributed by atoms with Gasteiger partial charge in [-0.2, -0.15) is 9.61 Å². The van der Waals surface area contributed by atoms with Crippen LogP contribution >= 0.6 is 0 Å². The van der Waals surface area contributed by atoms with Crippen molar-refractivity contribution in [1.29, 1.82) is 0 Å². The van der Waals surface area contributed by atoms with Crippen LogP contribution in [0.15, 0.2) is 6.33 Å². The maximum Gasteiger partial charge on any atom is 0.390 e. The van der Waals surface area contributed by atoms with E-state index in [1.807, 2.05) is 5.92 Å². The summed E-state index contributed by atoms with van der Waals surface area (Å²) in [5.74, 6) is 1.94. The maximum atomic E-state index is 10.6. The molecule has 0 bridgehead atoms. The molecule has 2 aromatic rings. The van der Waals surface area contributed by atoms with E-state index in [0.29, 0.717) is 0 Å². The van der Waals surface area contributed by atoms with Crippen molar-refractivity contribution in [2.45, 2.75) is 23.5 Å². The second-order valence-corrected chi connectivity index (χ2v) is 4.92. The minimum atomic E-state index is -2.32. The van der Waals surface area contributed by atoms with Crippen LogP contribution in [-0.2, 0) is 4.74 Å². The van der Waals surface area contributed by atoms with Gasteiger partial charge in [-0.05, 0) is 0 Å². The van der Waals surface area contributed by atoms with Gasteiger partial charge in [0.25, 0.3) is 0 Å². The molecular weight excluding hydrogens is 306 g/mol. The predicted molar refractivity (Wildman–Crippen MR) is 73.0 cm³/mol. The first-order valence-electron chi connectivity index (χ1n) is 6.31. The number of hydrogen-bond donors (Lipinski definition) is 4. The molecular formula is C12H11N7O4. The van der Waals surface area contributed by atoms with Gasteiger partial charge < -0.3 is 21.1 Å². The Bertz CT molecular complexity index is 855. The van der Waals surface area contributed by atoms with Gasteiger partial charge in [0.05, 0.1) is 0 Å². The molecule has 0 aromatic carbocycles. The average Bonchev–Trinajstić information content (AvgIpc) is 3.08. The van der Waals surface area contributed by atoms with E-state index in [2.05, 4.69) is 25.1 Å². The van der Waals surface area contributed by atoms with Crippen LogP contribution in [0.5, 0.6) is 0 Å². The smallest absolute Gasteiger partial charge is 0.385 e. The summed E-state index contributed by atoms with van der Waals surface area (Å²) < 4.78 is 6.51. The van der Waals surface area contributed by atoms with Crippen LogP contribution in [0, 0.1) is 18.9 Å². The number of rotatable bonds is 2. The van der Waals surface area contributed by atoms with Crippen LogP contribution in [0.1, 0.15) is 11.9 Å². The Kier molecular flexibility index (Phi) is 3.17. The normalized spacial score (nSPS) is 33.4. The summed E-state index contributed by atoms with van der Waals surface area (Å²) >= 11 is 0.